The molecule has 5 rings (SSSR count). The lowest BCUT2D eigenvalue weighted by atomic mass is 9.97. The first-order valence-electron chi connectivity index (χ1n) is 11.6. The summed E-state index contributed by atoms with van der Waals surface area (Å²) < 4.78 is 34.9. The summed E-state index contributed by atoms with van der Waals surface area (Å²) in [7, 11) is 0. The second kappa shape index (κ2) is 11.0. The smallest absolute Gasteiger partial charge is 0.254 e. The second-order valence-corrected chi connectivity index (χ2v) is 10.9. The highest BCUT2D eigenvalue weighted by atomic mass is 35.5. The van der Waals surface area contributed by atoms with Gasteiger partial charge < -0.3 is 25.0 Å². The van der Waals surface area contributed by atoms with Crippen molar-refractivity contribution in [1.29, 1.82) is 0 Å². The molecule has 0 aliphatic carbocycles. The van der Waals surface area contributed by atoms with Crippen molar-refractivity contribution in [2.45, 2.75) is 41.1 Å². The molecule has 2 unspecified atom stereocenters. The van der Waals surface area contributed by atoms with Gasteiger partial charge in [0, 0.05) is 28.6 Å². The molecule has 1 amide bonds. The Hall–Kier alpha value is -2.32. The van der Waals surface area contributed by atoms with Crippen molar-refractivity contribution in [3.05, 3.63) is 63.8 Å². The summed E-state index contributed by atoms with van der Waals surface area (Å²) in [6.07, 6.45) is -1.72. The molecule has 3 heterocycles. The largest absolute Gasteiger partial charge is 0.394 e. The first kappa shape index (κ1) is 27.3. The van der Waals surface area contributed by atoms with Crippen LogP contribution in [0, 0.1) is 11.6 Å². The van der Waals surface area contributed by atoms with Crippen LogP contribution in [-0.2, 0) is 4.74 Å². The summed E-state index contributed by atoms with van der Waals surface area (Å²) in [5.74, 6) is -2.15. The van der Waals surface area contributed by atoms with Crippen LogP contribution < -0.4 is 0 Å². The molecule has 0 bridgehead atoms. The fourth-order valence-corrected chi connectivity index (χ4v) is 5.89. The van der Waals surface area contributed by atoms with Crippen LogP contribution in [0.5, 0.6) is 0 Å². The van der Waals surface area contributed by atoms with Crippen LogP contribution in [0.4, 0.5) is 8.78 Å². The molecule has 38 heavy (non-hydrogen) atoms. The molecule has 3 aromatic rings. The lowest BCUT2D eigenvalue weighted by Crippen LogP contribution is -2.55. The number of ether oxygens (including phenoxy) is 1. The van der Waals surface area contributed by atoms with Crippen molar-refractivity contribution >= 4 is 40.9 Å². The maximum absolute atomic E-state index is 14.0. The third kappa shape index (κ3) is 5.14. The number of amides is 1. The Bertz CT molecular complexity index is 1340. The van der Waals surface area contributed by atoms with Crippen molar-refractivity contribution in [2.24, 2.45) is 0 Å². The molecule has 9 nitrogen and oxygen atoms in total. The van der Waals surface area contributed by atoms with Gasteiger partial charge >= 0.3 is 0 Å². The van der Waals surface area contributed by atoms with Gasteiger partial charge in [-0.05, 0) is 36.8 Å². The van der Waals surface area contributed by atoms with Gasteiger partial charge in [-0.2, -0.15) is 0 Å². The monoisotopic (exact) mass is 586 g/mol. The van der Waals surface area contributed by atoms with Gasteiger partial charge in [-0.15, -0.1) is 5.10 Å². The minimum absolute atomic E-state index is 0.0457. The zero-order valence-electron chi connectivity index (χ0n) is 19.5. The maximum atomic E-state index is 14.0. The van der Waals surface area contributed by atoms with E-state index in [4.69, 9.17) is 27.9 Å². The van der Waals surface area contributed by atoms with E-state index in [0.29, 0.717) is 28.6 Å². The Morgan fingerprint density at radius 2 is 1.84 bits per heavy atom. The third-order valence-corrected chi connectivity index (χ3v) is 8.31. The van der Waals surface area contributed by atoms with E-state index in [1.807, 2.05) is 0 Å². The zero-order chi connectivity index (χ0) is 27.1. The van der Waals surface area contributed by atoms with Gasteiger partial charge in [-0.25, -0.2) is 13.5 Å². The SMILES string of the molecule is O=C(c1ccc(Cl)cc1S[C@H]1OC(CO)[C@H](O)[C@H](n2cc(-c3cc(F)c(Cl)c(F)c3)nn2)C1O)N1CCC1. The second-order valence-electron chi connectivity index (χ2n) is 8.94. The average molecular weight is 587 g/mol. The van der Waals surface area contributed by atoms with Gasteiger partial charge in [0.1, 0.15) is 52.1 Å². The highest BCUT2D eigenvalue weighted by Gasteiger charge is 2.46. The molecule has 2 saturated heterocycles. The first-order valence-corrected chi connectivity index (χ1v) is 13.3. The molecule has 0 spiro atoms. The summed E-state index contributed by atoms with van der Waals surface area (Å²) in [6.45, 7) is 0.710. The average Bonchev–Trinajstić information content (AvgIpc) is 3.33. The molecular weight excluding hydrogens is 565 g/mol. The number of hydrogen-bond donors (Lipinski definition) is 3. The van der Waals surface area contributed by atoms with Gasteiger partial charge in [-0.3, -0.25) is 4.79 Å². The molecule has 1 aromatic heterocycles. The number of benzene rings is 2. The predicted molar refractivity (Wildman–Crippen MR) is 135 cm³/mol. The minimum Gasteiger partial charge on any atom is -0.394 e. The summed E-state index contributed by atoms with van der Waals surface area (Å²) in [4.78, 5) is 15.1. The van der Waals surface area contributed by atoms with Gasteiger partial charge in [0.15, 0.2) is 0 Å². The number of rotatable bonds is 6. The van der Waals surface area contributed by atoms with E-state index < -0.39 is 53.1 Å². The van der Waals surface area contributed by atoms with Crippen LogP contribution in [-0.4, -0.2) is 84.6 Å². The molecule has 202 valence electrons. The number of carbonyl (C=O) groups excluding carboxylic acids is 1. The van der Waals surface area contributed by atoms with Crippen molar-refractivity contribution < 1.29 is 33.6 Å². The highest BCUT2D eigenvalue weighted by molar-refractivity contribution is 8.00. The molecule has 3 N–H and O–H groups in total. The van der Waals surface area contributed by atoms with Crippen molar-refractivity contribution in [3.8, 4) is 11.3 Å². The van der Waals surface area contributed by atoms with E-state index >= 15 is 0 Å². The van der Waals surface area contributed by atoms with Crippen LogP contribution in [0.15, 0.2) is 41.4 Å². The summed E-state index contributed by atoms with van der Waals surface area (Å²) in [5.41, 5.74) is -0.565. The maximum Gasteiger partial charge on any atom is 0.254 e. The molecule has 0 radical (unpaired) electrons. The Kier molecular flexibility index (Phi) is 7.92. The zero-order valence-corrected chi connectivity index (χ0v) is 21.9. The standard InChI is InChI=1S/C24H22Cl2F2N4O5S/c25-12-2-3-13(23(36)31-4-1-5-31)18(8-12)38-24-22(35)20(21(34)17(10-33)37-24)32-9-16(29-30-32)11-6-14(27)19(26)15(28)7-11/h2-3,6-9,17,20-22,24,33-35H,1,4-5,10H2/t17?,20-,21-,22?,24+/m0/s1. The van der Waals surface area contributed by atoms with Gasteiger partial charge in [0.05, 0.1) is 18.4 Å². The van der Waals surface area contributed by atoms with Crippen LogP contribution >= 0.6 is 35.0 Å². The van der Waals surface area contributed by atoms with E-state index in [1.165, 1.54) is 6.20 Å². The molecule has 0 saturated carbocycles. The highest BCUT2D eigenvalue weighted by Crippen LogP contribution is 2.40. The Morgan fingerprint density at radius 1 is 1.13 bits per heavy atom. The predicted octanol–water partition coefficient (Wildman–Crippen LogP) is 3.15. The number of aliphatic hydroxyl groups excluding tert-OH is 3. The number of aromatic nitrogens is 3. The van der Waals surface area contributed by atoms with E-state index in [-0.39, 0.29) is 17.2 Å². The number of hydrogen-bond acceptors (Lipinski definition) is 8. The van der Waals surface area contributed by atoms with Crippen LogP contribution in [0.3, 0.4) is 0 Å². The lowest BCUT2D eigenvalue weighted by Gasteiger charge is -2.42. The van der Waals surface area contributed by atoms with E-state index in [2.05, 4.69) is 10.3 Å². The van der Waals surface area contributed by atoms with Crippen LogP contribution in [0.2, 0.25) is 10.0 Å². The number of likely N-dealkylation sites (tertiary alicyclic amines) is 1. The normalized spacial score (nSPS) is 25.3. The van der Waals surface area contributed by atoms with E-state index in [1.54, 1.807) is 23.1 Å². The quantitative estimate of drug-likeness (QED) is 0.377. The van der Waals surface area contributed by atoms with Gasteiger partial charge in [0.2, 0.25) is 0 Å². The summed E-state index contributed by atoms with van der Waals surface area (Å²) in [6, 6.07) is 5.60. The lowest BCUT2D eigenvalue weighted by molar-refractivity contribution is -0.178. The van der Waals surface area contributed by atoms with E-state index in [0.717, 1.165) is 35.0 Å². The number of halogens is 4. The third-order valence-electron chi connectivity index (χ3n) is 6.50. The number of carbonyl (C=O) groups is 1. The molecule has 2 aliphatic heterocycles. The van der Waals surface area contributed by atoms with Gasteiger partial charge in [-0.1, -0.05) is 40.2 Å². The number of aliphatic hydroxyl groups is 3. The minimum atomic E-state index is -1.42. The number of nitrogens with zero attached hydrogens (tertiary/aromatic N) is 4. The molecule has 5 atom stereocenters. The Balaban J connectivity index is 1.44. The molecular formula is C24H22Cl2F2N4O5S. The Labute approximate surface area is 229 Å². The van der Waals surface area contributed by atoms with Crippen LogP contribution in [0.1, 0.15) is 22.8 Å². The molecule has 14 heteroatoms. The summed E-state index contributed by atoms with van der Waals surface area (Å²) in [5, 5.41) is 39.6. The topological polar surface area (TPSA) is 121 Å². The van der Waals surface area contributed by atoms with Crippen molar-refractivity contribution in [1.82, 2.24) is 19.9 Å². The molecule has 2 aliphatic rings. The molecule has 2 aromatic carbocycles. The fraction of sp³-hybridized carbons (Fsp3) is 0.375. The summed E-state index contributed by atoms with van der Waals surface area (Å²) >= 11 is 12.8. The Morgan fingerprint density at radius 3 is 2.47 bits per heavy atom. The van der Waals surface area contributed by atoms with Crippen molar-refractivity contribution in [3.63, 3.8) is 0 Å². The van der Waals surface area contributed by atoms with Crippen molar-refractivity contribution in [2.75, 3.05) is 19.7 Å². The van der Waals surface area contributed by atoms with Crippen LogP contribution in [0.25, 0.3) is 11.3 Å². The first-order chi connectivity index (χ1) is 18.2. The van der Waals surface area contributed by atoms with E-state index in [9.17, 15) is 28.9 Å². The van der Waals surface area contributed by atoms with Gasteiger partial charge in [0.25, 0.3) is 5.91 Å². The molecule has 2 fully saturated rings. The number of thioether (sulfide) groups is 1. The fourth-order valence-electron chi connectivity index (χ4n) is 4.32.